The quantitative estimate of drug-likeness (QED) is 0.576. The molecule has 3 amide bonds. The maximum absolute atomic E-state index is 13.0. The predicted molar refractivity (Wildman–Crippen MR) is 126 cm³/mol. The van der Waals surface area contributed by atoms with Crippen molar-refractivity contribution in [1.82, 2.24) is 10.2 Å². The molecular formula is C23H27Cl2N3O4. The van der Waals surface area contributed by atoms with Crippen LogP contribution in [0.1, 0.15) is 32.4 Å². The van der Waals surface area contributed by atoms with Crippen molar-refractivity contribution in [2.45, 2.75) is 26.8 Å². The molecule has 1 atom stereocenters. The van der Waals surface area contributed by atoms with Crippen molar-refractivity contribution in [2.75, 3.05) is 31.6 Å². The van der Waals surface area contributed by atoms with E-state index in [1.807, 2.05) is 39.0 Å². The van der Waals surface area contributed by atoms with Crippen molar-refractivity contribution in [2.24, 2.45) is 5.92 Å². The molecule has 2 aromatic carbocycles. The zero-order valence-electron chi connectivity index (χ0n) is 18.3. The van der Waals surface area contributed by atoms with Crippen LogP contribution in [0.4, 0.5) is 10.5 Å². The normalized spacial score (nSPS) is 13.4. The second-order valence-corrected chi connectivity index (χ2v) is 8.55. The second kappa shape index (κ2) is 10.8. The van der Waals surface area contributed by atoms with Gasteiger partial charge in [-0.1, -0.05) is 49.2 Å². The molecule has 3 rings (SSSR count). The maximum atomic E-state index is 13.0. The fourth-order valence-corrected chi connectivity index (χ4v) is 3.90. The van der Waals surface area contributed by atoms with Gasteiger partial charge in [-0.05, 0) is 42.7 Å². The number of carbonyl (C=O) groups is 2. The van der Waals surface area contributed by atoms with Gasteiger partial charge in [0, 0.05) is 6.54 Å². The molecule has 7 nitrogen and oxygen atoms in total. The molecule has 2 N–H and O–H groups in total. The molecule has 32 heavy (non-hydrogen) atoms. The number of benzene rings is 2. The van der Waals surface area contributed by atoms with E-state index in [0.29, 0.717) is 47.0 Å². The molecule has 0 unspecified atom stereocenters. The Morgan fingerprint density at radius 2 is 1.72 bits per heavy atom. The van der Waals surface area contributed by atoms with Crippen LogP contribution < -0.4 is 20.1 Å². The van der Waals surface area contributed by atoms with E-state index >= 15 is 0 Å². The summed E-state index contributed by atoms with van der Waals surface area (Å²) in [5.74, 6) is 1.07. The van der Waals surface area contributed by atoms with Gasteiger partial charge >= 0.3 is 6.03 Å². The number of amides is 3. The maximum Gasteiger partial charge on any atom is 0.318 e. The Bertz CT molecular complexity index is 963. The van der Waals surface area contributed by atoms with Gasteiger partial charge in [0.15, 0.2) is 11.5 Å². The lowest BCUT2D eigenvalue weighted by Gasteiger charge is -2.28. The lowest BCUT2D eigenvalue weighted by Crippen LogP contribution is -2.46. The van der Waals surface area contributed by atoms with Crippen molar-refractivity contribution in [3.8, 4) is 11.5 Å². The third-order valence-corrected chi connectivity index (χ3v) is 5.73. The van der Waals surface area contributed by atoms with Gasteiger partial charge in [0.2, 0.25) is 5.91 Å². The van der Waals surface area contributed by atoms with Crippen molar-refractivity contribution in [3.63, 3.8) is 0 Å². The summed E-state index contributed by atoms with van der Waals surface area (Å²) >= 11 is 12.2. The average Bonchev–Trinajstić information content (AvgIpc) is 2.77. The largest absolute Gasteiger partial charge is 0.486 e. The zero-order chi connectivity index (χ0) is 23.3. The Morgan fingerprint density at radius 3 is 2.34 bits per heavy atom. The van der Waals surface area contributed by atoms with E-state index < -0.39 is 5.91 Å². The predicted octanol–water partition coefficient (Wildman–Crippen LogP) is 5.13. The number of likely N-dealkylation sites (N-methyl/N-ethyl adjacent to an activating group) is 1. The van der Waals surface area contributed by atoms with E-state index in [9.17, 15) is 9.59 Å². The van der Waals surface area contributed by atoms with E-state index in [4.69, 9.17) is 32.7 Å². The number of fused-ring (bicyclic) bond motifs is 1. The van der Waals surface area contributed by atoms with E-state index in [0.717, 1.165) is 5.56 Å². The number of hydrogen-bond acceptors (Lipinski definition) is 4. The lowest BCUT2D eigenvalue weighted by atomic mass is 9.95. The monoisotopic (exact) mass is 479 g/mol. The Kier molecular flexibility index (Phi) is 8.10. The first-order chi connectivity index (χ1) is 15.3. The number of nitrogens with zero attached hydrogens (tertiary/aromatic N) is 1. The van der Waals surface area contributed by atoms with Crippen LogP contribution in [-0.4, -0.2) is 43.1 Å². The number of ether oxygens (including phenoxy) is 2. The molecule has 0 aromatic heterocycles. The Labute approximate surface area is 198 Å². The molecule has 1 aliphatic heterocycles. The van der Waals surface area contributed by atoms with Crippen molar-refractivity contribution in [3.05, 3.63) is 52.0 Å². The van der Waals surface area contributed by atoms with Gasteiger partial charge in [0.1, 0.15) is 19.8 Å². The summed E-state index contributed by atoms with van der Waals surface area (Å²) in [6, 6.07) is 10.00. The molecule has 9 heteroatoms. The topological polar surface area (TPSA) is 79.9 Å². The van der Waals surface area contributed by atoms with Crippen LogP contribution in [0, 0.1) is 5.92 Å². The summed E-state index contributed by atoms with van der Waals surface area (Å²) < 4.78 is 11.3. The highest BCUT2D eigenvalue weighted by Gasteiger charge is 2.24. The fraction of sp³-hybridized carbons (Fsp3) is 0.391. The molecule has 0 saturated heterocycles. The summed E-state index contributed by atoms with van der Waals surface area (Å²) in [7, 11) is 0. The Morgan fingerprint density at radius 1 is 1.06 bits per heavy atom. The first kappa shape index (κ1) is 24.0. The van der Waals surface area contributed by atoms with Gasteiger partial charge < -0.3 is 25.0 Å². The first-order valence-corrected chi connectivity index (χ1v) is 11.2. The van der Waals surface area contributed by atoms with Gasteiger partial charge in [-0.25, -0.2) is 4.79 Å². The molecule has 172 valence electrons. The number of para-hydroxylation sites is 1. The molecule has 0 saturated carbocycles. The first-order valence-electron chi connectivity index (χ1n) is 10.5. The summed E-state index contributed by atoms with van der Waals surface area (Å²) in [5.41, 5.74) is 1.23. The zero-order valence-corrected chi connectivity index (χ0v) is 19.8. The Hall–Kier alpha value is -2.64. The van der Waals surface area contributed by atoms with Crippen molar-refractivity contribution < 1.29 is 19.1 Å². The van der Waals surface area contributed by atoms with Crippen molar-refractivity contribution >= 4 is 40.8 Å². The van der Waals surface area contributed by atoms with Gasteiger partial charge in [0.25, 0.3) is 0 Å². The molecular weight excluding hydrogens is 453 g/mol. The summed E-state index contributed by atoms with van der Waals surface area (Å²) in [6.07, 6.45) is 0. The molecule has 0 radical (unpaired) electrons. The van der Waals surface area contributed by atoms with Crippen LogP contribution in [0.2, 0.25) is 10.0 Å². The number of rotatable bonds is 7. The lowest BCUT2D eigenvalue weighted by molar-refractivity contribution is -0.116. The van der Waals surface area contributed by atoms with Crippen LogP contribution in [0.25, 0.3) is 0 Å². The second-order valence-electron chi connectivity index (χ2n) is 7.73. The van der Waals surface area contributed by atoms with E-state index in [1.54, 1.807) is 18.2 Å². The van der Waals surface area contributed by atoms with E-state index in [-0.39, 0.29) is 24.5 Å². The molecule has 0 aliphatic carbocycles. The van der Waals surface area contributed by atoms with Crippen LogP contribution >= 0.6 is 23.2 Å². The summed E-state index contributed by atoms with van der Waals surface area (Å²) in [4.78, 5) is 27.0. The summed E-state index contributed by atoms with van der Waals surface area (Å²) in [5, 5.41) is 6.39. The highest BCUT2D eigenvalue weighted by molar-refractivity contribution is 6.39. The standard InChI is InChI=1S/C23H27Cl2N3O4/c1-4-28(13-20(29)26-22-16(24)6-5-7-17(22)25)23(30)27-21(14(2)3)15-8-9-18-19(12-15)32-11-10-31-18/h5-9,12,14,21H,4,10-11,13H2,1-3H3,(H,26,29)(H,27,30)/t21-/m0/s1. The molecule has 0 fully saturated rings. The average molecular weight is 480 g/mol. The minimum atomic E-state index is -0.391. The van der Waals surface area contributed by atoms with Gasteiger partial charge in [-0.3, -0.25) is 4.79 Å². The molecule has 2 aromatic rings. The third-order valence-electron chi connectivity index (χ3n) is 5.10. The van der Waals surface area contributed by atoms with Crippen molar-refractivity contribution in [1.29, 1.82) is 0 Å². The number of anilines is 1. The molecule has 1 aliphatic rings. The number of hydrogen-bond donors (Lipinski definition) is 2. The smallest absolute Gasteiger partial charge is 0.318 e. The Balaban J connectivity index is 1.69. The highest BCUT2D eigenvalue weighted by atomic mass is 35.5. The SMILES string of the molecule is CCN(CC(=O)Nc1c(Cl)cccc1Cl)C(=O)N[C@H](c1ccc2c(c1)OCCO2)C(C)C. The number of halogens is 2. The van der Waals surface area contributed by atoms with Gasteiger partial charge in [-0.2, -0.15) is 0 Å². The fourth-order valence-electron chi connectivity index (χ4n) is 3.41. The highest BCUT2D eigenvalue weighted by Crippen LogP contribution is 2.34. The van der Waals surface area contributed by atoms with E-state index in [2.05, 4.69) is 10.6 Å². The van der Waals surface area contributed by atoms with Crippen LogP contribution in [0.5, 0.6) is 11.5 Å². The third kappa shape index (κ3) is 5.78. The van der Waals surface area contributed by atoms with Crippen LogP contribution in [0.3, 0.4) is 0 Å². The number of carbonyl (C=O) groups excluding carboxylic acids is 2. The minimum absolute atomic E-state index is 0.107. The molecule has 1 heterocycles. The van der Waals surface area contributed by atoms with Gasteiger partial charge in [0.05, 0.1) is 21.8 Å². The van der Waals surface area contributed by atoms with Crippen LogP contribution in [0.15, 0.2) is 36.4 Å². The van der Waals surface area contributed by atoms with Crippen LogP contribution in [-0.2, 0) is 4.79 Å². The van der Waals surface area contributed by atoms with E-state index in [1.165, 1.54) is 4.90 Å². The molecule has 0 bridgehead atoms. The number of nitrogens with one attached hydrogen (secondary N) is 2. The molecule has 0 spiro atoms. The van der Waals surface area contributed by atoms with Gasteiger partial charge in [-0.15, -0.1) is 0 Å². The summed E-state index contributed by atoms with van der Waals surface area (Å²) in [6.45, 7) is 7.06. The minimum Gasteiger partial charge on any atom is -0.486 e. The number of urea groups is 1.